The molecule has 0 aliphatic rings. The molecular weight excluding hydrogens is 320 g/mol. The maximum Gasteiger partial charge on any atom is 0.411 e. The van der Waals surface area contributed by atoms with Crippen LogP contribution in [-0.2, 0) is 6.42 Å². The van der Waals surface area contributed by atoms with E-state index in [2.05, 4.69) is 0 Å². The third-order valence-electron chi connectivity index (χ3n) is 4.04. The predicted octanol–water partition coefficient (Wildman–Crippen LogP) is 4.29. The molecule has 0 saturated heterocycles. The van der Waals surface area contributed by atoms with Crippen molar-refractivity contribution < 1.29 is 19.8 Å². The highest BCUT2D eigenvalue weighted by Gasteiger charge is 2.19. The SMILES string of the molecule is CCN(C(=O)O)c1ccccc1Cc1ccccc1N(CC)C(=O)O. The number of hydrogen-bond acceptors (Lipinski definition) is 2. The van der Waals surface area contributed by atoms with Gasteiger partial charge in [-0.2, -0.15) is 0 Å². The minimum absolute atomic E-state index is 0.338. The first-order valence-electron chi connectivity index (χ1n) is 8.16. The van der Waals surface area contributed by atoms with E-state index in [1.54, 1.807) is 38.1 Å². The molecule has 2 N–H and O–H groups in total. The number of nitrogens with zero attached hydrogens (tertiary/aromatic N) is 2. The molecule has 0 spiro atoms. The Morgan fingerprint density at radius 1 is 0.760 bits per heavy atom. The summed E-state index contributed by atoms with van der Waals surface area (Å²) in [6.45, 7) is 4.23. The van der Waals surface area contributed by atoms with E-state index in [-0.39, 0.29) is 0 Å². The fourth-order valence-electron chi connectivity index (χ4n) is 2.87. The molecule has 2 aromatic rings. The van der Waals surface area contributed by atoms with Crippen molar-refractivity contribution in [1.29, 1.82) is 0 Å². The van der Waals surface area contributed by atoms with Gasteiger partial charge in [0.1, 0.15) is 0 Å². The second kappa shape index (κ2) is 8.19. The molecule has 132 valence electrons. The van der Waals surface area contributed by atoms with Crippen molar-refractivity contribution in [2.75, 3.05) is 22.9 Å². The summed E-state index contributed by atoms with van der Waals surface area (Å²) in [5.41, 5.74) is 2.90. The molecule has 0 atom stereocenters. The minimum Gasteiger partial charge on any atom is -0.465 e. The molecule has 0 aliphatic heterocycles. The van der Waals surface area contributed by atoms with E-state index in [1.165, 1.54) is 9.80 Å². The fraction of sp³-hybridized carbons (Fsp3) is 0.263. The molecule has 6 nitrogen and oxygen atoms in total. The number of anilines is 2. The molecule has 0 aromatic heterocycles. The zero-order chi connectivity index (χ0) is 18.4. The van der Waals surface area contributed by atoms with E-state index >= 15 is 0 Å². The fourth-order valence-corrected chi connectivity index (χ4v) is 2.87. The van der Waals surface area contributed by atoms with Crippen LogP contribution in [-0.4, -0.2) is 35.5 Å². The first kappa shape index (κ1) is 18.3. The van der Waals surface area contributed by atoms with Crippen molar-refractivity contribution in [3.63, 3.8) is 0 Å². The topological polar surface area (TPSA) is 81.1 Å². The molecule has 25 heavy (non-hydrogen) atoms. The number of amides is 2. The van der Waals surface area contributed by atoms with Crippen molar-refractivity contribution in [1.82, 2.24) is 0 Å². The van der Waals surface area contributed by atoms with Crippen molar-refractivity contribution in [3.8, 4) is 0 Å². The average Bonchev–Trinajstić information content (AvgIpc) is 2.58. The first-order valence-corrected chi connectivity index (χ1v) is 8.16. The van der Waals surface area contributed by atoms with Crippen molar-refractivity contribution in [3.05, 3.63) is 59.7 Å². The van der Waals surface area contributed by atoms with Gasteiger partial charge in [0.05, 0.1) is 11.4 Å². The van der Waals surface area contributed by atoms with Gasteiger partial charge in [0.2, 0.25) is 0 Å². The van der Waals surface area contributed by atoms with Crippen LogP contribution < -0.4 is 9.80 Å². The Kier molecular flexibility index (Phi) is 6.00. The molecule has 0 fully saturated rings. The summed E-state index contributed by atoms with van der Waals surface area (Å²) in [6, 6.07) is 14.6. The third-order valence-corrected chi connectivity index (χ3v) is 4.04. The Bertz CT molecular complexity index is 697. The van der Waals surface area contributed by atoms with Gasteiger partial charge in [0, 0.05) is 19.5 Å². The lowest BCUT2D eigenvalue weighted by molar-refractivity contribution is 0.201. The number of benzene rings is 2. The first-order chi connectivity index (χ1) is 12.0. The Balaban J connectivity index is 2.45. The molecule has 0 unspecified atom stereocenters. The molecule has 2 amide bonds. The molecule has 0 saturated carbocycles. The van der Waals surface area contributed by atoms with Gasteiger partial charge < -0.3 is 10.2 Å². The standard InChI is InChI=1S/C19H22N2O4/c1-3-20(18(22)23)16-11-7-5-9-14(16)13-15-10-6-8-12-17(15)21(4-2)19(24)25/h5-12H,3-4,13H2,1-2H3,(H,22,23)(H,24,25). The zero-order valence-corrected chi connectivity index (χ0v) is 14.3. The van der Waals surface area contributed by atoms with E-state index in [0.717, 1.165) is 11.1 Å². The van der Waals surface area contributed by atoms with Crippen LogP contribution in [0.2, 0.25) is 0 Å². The second-order valence-corrected chi connectivity index (χ2v) is 5.49. The number of carboxylic acid groups (broad SMARTS) is 2. The molecule has 2 rings (SSSR count). The van der Waals surface area contributed by atoms with E-state index in [4.69, 9.17) is 0 Å². The Hall–Kier alpha value is -3.02. The molecule has 2 aromatic carbocycles. The van der Waals surface area contributed by atoms with Crippen LogP contribution in [0.3, 0.4) is 0 Å². The van der Waals surface area contributed by atoms with E-state index in [9.17, 15) is 19.8 Å². The largest absolute Gasteiger partial charge is 0.465 e. The Labute approximate surface area is 146 Å². The lowest BCUT2D eigenvalue weighted by Gasteiger charge is -2.23. The lowest BCUT2D eigenvalue weighted by Crippen LogP contribution is -2.30. The summed E-state index contributed by atoms with van der Waals surface area (Å²) in [5, 5.41) is 18.8. The van der Waals surface area contributed by atoms with Gasteiger partial charge in [-0.15, -0.1) is 0 Å². The van der Waals surface area contributed by atoms with Crippen LogP contribution in [0, 0.1) is 0 Å². The minimum atomic E-state index is -1.01. The van der Waals surface area contributed by atoms with Crippen LogP contribution in [0.15, 0.2) is 48.5 Å². The highest BCUT2D eigenvalue weighted by atomic mass is 16.4. The summed E-state index contributed by atoms with van der Waals surface area (Å²) in [7, 11) is 0. The van der Waals surface area contributed by atoms with Crippen LogP contribution in [0.5, 0.6) is 0 Å². The van der Waals surface area contributed by atoms with E-state index in [0.29, 0.717) is 30.9 Å². The smallest absolute Gasteiger partial charge is 0.411 e. The molecular formula is C19H22N2O4. The van der Waals surface area contributed by atoms with E-state index < -0.39 is 12.2 Å². The number of para-hydroxylation sites is 2. The van der Waals surface area contributed by atoms with Crippen LogP contribution in [0.25, 0.3) is 0 Å². The molecule has 6 heteroatoms. The molecule has 0 aliphatic carbocycles. The zero-order valence-electron chi connectivity index (χ0n) is 14.3. The number of carbonyl (C=O) groups is 2. The van der Waals surface area contributed by atoms with Crippen molar-refractivity contribution in [2.24, 2.45) is 0 Å². The summed E-state index contributed by atoms with van der Waals surface area (Å²) in [6.07, 6.45) is -1.58. The second-order valence-electron chi connectivity index (χ2n) is 5.49. The summed E-state index contributed by atoms with van der Waals surface area (Å²) < 4.78 is 0. The van der Waals surface area contributed by atoms with Crippen LogP contribution >= 0.6 is 0 Å². The van der Waals surface area contributed by atoms with E-state index in [1.807, 2.05) is 24.3 Å². The van der Waals surface area contributed by atoms with Crippen molar-refractivity contribution in [2.45, 2.75) is 20.3 Å². The van der Waals surface area contributed by atoms with Crippen LogP contribution in [0.4, 0.5) is 21.0 Å². The quantitative estimate of drug-likeness (QED) is 0.821. The average molecular weight is 342 g/mol. The van der Waals surface area contributed by atoms with Gasteiger partial charge in [-0.05, 0) is 37.1 Å². The van der Waals surface area contributed by atoms with Crippen LogP contribution in [0.1, 0.15) is 25.0 Å². The highest BCUT2D eigenvalue weighted by molar-refractivity contribution is 5.88. The van der Waals surface area contributed by atoms with Crippen molar-refractivity contribution >= 4 is 23.6 Å². The van der Waals surface area contributed by atoms with Gasteiger partial charge in [-0.3, -0.25) is 9.80 Å². The lowest BCUT2D eigenvalue weighted by atomic mass is 10.0. The Morgan fingerprint density at radius 3 is 1.44 bits per heavy atom. The predicted molar refractivity (Wildman–Crippen MR) is 97.8 cm³/mol. The summed E-state index contributed by atoms with van der Waals surface area (Å²) >= 11 is 0. The van der Waals surface area contributed by atoms with Gasteiger partial charge >= 0.3 is 12.2 Å². The summed E-state index contributed by atoms with van der Waals surface area (Å²) in [4.78, 5) is 25.5. The van der Waals surface area contributed by atoms with Gasteiger partial charge in [0.15, 0.2) is 0 Å². The maximum absolute atomic E-state index is 11.5. The number of rotatable bonds is 6. The van der Waals surface area contributed by atoms with Gasteiger partial charge in [-0.25, -0.2) is 9.59 Å². The summed E-state index contributed by atoms with van der Waals surface area (Å²) in [5.74, 6) is 0. The molecule has 0 bridgehead atoms. The molecule has 0 heterocycles. The van der Waals surface area contributed by atoms with Gasteiger partial charge in [0.25, 0.3) is 0 Å². The Morgan fingerprint density at radius 2 is 1.12 bits per heavy atom. The van der Waals surface area contributed by atoms with Gasteiger partial charge in [-0.1, -0.05) is 36.4 Å². The molecule has 0 radical (unpaired) electrons. The normalized spacial score (nSPS) is 10.3. The third kappa shape index (κ3) is 4.09. The maximum atomic E-state index is 11.5. The monoisotopic (exact) mass is 342 g/mol. The highest BCUT2D eigenvalue weighted by Crippen LogP contribution is 2.28. The number of hydrogen-bond donors (Lipinski definition) is 2.